The number of aromatic amines is 1. The molecule has 0 amide bonds. The van der Waals surface area contributed by atoms with Gasteiger partial charge in [-0.15, -0.1) is 0 Å². The molecular formula is C24H17NO. The fourth-order valence-electron chi connectivity index (χ4n) is 3.63. The molecule has 0 radical (unpaired) electrons. The summed E-state index contributed by atoms with van der Waals surface area (Å²) in [5.74, 6) is 0.279. The van der Waals surface area contributed by atoms with Crippen LogP contribution in [0.15, 0.2) is 91.0 Å². The second kappa shape index (κ2) is 5.78. The van der Waals surface area contributed by atoms with Crippen molar-refractivity contribution in [1.29, 1.82) is 0 Å². The number of phenolic OH excluding ortho intramolecular Hbond substituents is 1. The minimum Gasteiger partial charge on any atom is -0.508 e. The third-order valence-electron chi connectivity index (χ3n) is 4.90. The van der Waals surface area contributed by atoms with Crippen LogP contribution in [0.25, 0.3) is 44.1 Å². The summed E-state index contributed by atoms with van der Waals surface area (Å²) in [5, 5.41) is 13.3. The van der Waals surface area contributed by atoms with Crippen LogP contribution in [0.3, 0.4) is 0 Å². The summed E-state index contributed by atoms with van der Waals surface area (Å²) in [4.78, 5) is 3.60. The summed E-state index contributed by atoms with van der Waals surface area (Å²) in [6.07, 6.45) is 0. The fourth-order valence-corrected chi connectivity index (χ4v) is 3.63. The van der Waals surface area contributed by atoms with E-state index in [0.29, 0.717) is 0 Å². The molecule has 26 heavy (non-hydrogen) atoms. The standard InChI is InChI=1S/C24H17NO/c26-20-13-11-17(12-14-20)23-21-7-3-4-8-22(21)25-24(23)19-10-9-16-5-1-2-6-18(16)15-19/h1-15,25-26H. The topological polar surface area (TPSA) is 36.0 Å². The van der Waals surface area contributed by atoms with Crippen molar-refractivity contribution in [3.8, 4) is 28.1 Å². The molecule has 2 nitrogen and oxygen atoms in total. The Bertz CT molecular complexity index is 1230. The van der Waals surface area contributed by atoms with E-state index in [9.17, 15) is 5.11 Å². The molecular weight excluding hydrogens is 318 g/mol. The van der Waals surface area contributed by atoms with E-state index < -0.39 is 0 Å². The van der Waals surface area contributed by atoms with Gasteiger partial charge in [-0.05, 0) is 46.2 Å². The van der Waals surface area contributed by atoms with Gasteiger partial charge in [-0.3, -0.25) is 0 Å². The Morgan fingerprint density at radius 1 is 0.615 bits per heavy atom. The first kappa shape index (κ1) is 14.8. The third kappa shape index (κ3) is 2.35. The molecule has 0 spiro atoms. The maximum atomic E-state index is 9.66. The number of phenols is 1. The van der Waals surface area contributed by atoms with Crippen molar-refractivity contribution < 1.29 is 5.11 Å². The zero-order valence-electron chi connectivity index (χ0n) is 14.1. The molecule has 1 aromatic heterocycles. The number of para-hydroxylation sites is 1. The van der Waals surface area contributed by atoms with Gasteiger partial charge in [-0.1, -0.05) is 66.7 Å². The lowest BCUT2D eigenvalue weighted by Gasteiger charge is -2.07. The number of hydrogen-bond donors (Lipinski definition) is 2. The number of rotatable bonds is 2. The minimum atomic E-state index is 0.279. The van der Waals surface area contributed by atoms with Crippen LogP contribution in [0.2, 0.25) is 0 Å². The molecule has 2 heteroatoms. The fraction of sp³-hybridized carbons (Fsp3) is 0. The lowest BCUT2D eigenvalue weighted by atomic mass is 9.97. The number of H-pyrrole nitrogens is 1. The van der Waals surface area contributed by atoms with Gasteiger partial charge in [0.2, 0.25) is 0 Å². The highest BCUT2D eigenvalue weighted by Crippen LogP contribution is 2.39. The van der Waals surface area contributed by atoms with Crippen LogP contribution < -0.4 is 0 Å². The summed E-state index contributed by atoms with van der Waals surface area (Å²) in [6, 6.07) is 30.7. The molecule has 0 fully saturated rings. The highest BCUT2D eigenvalue weighted by molar-refractivity contribution is 6.04. The van der Waals surface area contributed by atoms with Crippen molar-refractivity contribution in [2.24, 2.45) is 0 Å². The second-order valence-corrected chi connectivity index (χ2v) is 6.53. The molecule has 0 aliphatic carbocycles. The zero-order valence-corrected chi connectivity index (χ0v) is 14.1. The molecule has 0 aliphatic heterocycles. The van der Waals surface area contributed by atoms with Crippen molar-refractivity contribution in [1.82, 2.24) is 4.98 Å². The Balaban J connectivity index is 1.81. The maximum Gasteiger partial charge on any atom is 0.115 e. The van der Waals surface area contributed by atoms with Crippen molar-refractivity contribution in [2.45, 2.75) is 0 Å². The molecule has 2 N–H and O–H groups in total. The second-order valence-electron chi connectivity index (χ2n) is 6.53. The van der Waals surface area contributed by atoms with Gasteiger partial charge in [-0.2, -0.15) is 0 Å². The quantitative estimate of drug-likeness (QED) is 0.387. The molecule has 0 bridgehead atoms. The summed E-state index contributed by atoms with van der Waals surface area (Å²) in [6.45, 7) is 0. The summed E-state index contributed by atoms with van der Waals surface area (Å²) >= 11 is 0. The SMILES string of the molecule is Oc1ccc(-c2c(-c3ccc4ccccc4c3)[nH]c3ccccc23)cc1. The van der Waals surface area contributed by atoms with E-state index in [0.717, 1.165) is 27.9 Å². The molecule has 5 aromatic rings. The van der Waals surface area contributed by atoms with Gasteiger partial charge in [0, 0.05) is 16.5 Å². The summed E-state index contributed by atoms with van der Waals surface area (Å²) in [5.41, 5.74) is 5.61. The van der Waals surface area contributed by atoms with Crippen molar-refractivity contribution in [3.05, 3.63) is 91.0 Å². The van der Waals surface area contributed by atoms with Gasteiger partial charge in [0.15, 0.2) is 0 Å². The van der Waals surface area contributed by atoms with Crippen LogP contribution >= 0.6 is 0 Å². The van der Waals surface area contributed by atoms with Crippen LogP contribution in [-0.2, 0) is 0 Å². The van der Waals surface area contributed by atoms with Gasteiger partial charge in [-0.25, -0.2) is 0 Å². The van der Waals surface area contributed by atoms with E-state index in [1.54, 1.807) is 12.1 Å². The van der Waals surface area contributed by atoms with Gasteiger partial charge in [0.05, 0.1) is 5.69 Å². The molecule has 0 unspecified atom stereocenters. The summed E-state index contributed by atoms with van der Waals surface area (Å²) in [7, 11) is 0. The Morgan fingerprint density at radius 3 is 2.15 bits per heavy atom. The van der Waals surface area contributed by atoms with Crippen LogP contribution in [0.4, 0.5) is 0 Å². The molecule has 5 rings (SSSR count). The third-order valence-corrected chi connectivity index (χ3v) is 4.90. The van der Waals surface area contributed by atoms with Crippen molar-refractivity contribution >= 4 is 21.7 Å². The van der Waals surface area contributed by atoms with Crippen LogP contribution in [0.5, 0.6) is 5.75 Å². The number of aromatic nitrogens is 1. The molecule has 1 heterocycles. The summed E-state index contributed by atoms with van der Waals surface area (Å²) < 4.78 is 0. The first-order chi connectivity index (χ1) is 12.8. The van der Waals surface area contributed by atoms with Gasteiger partial charge >= 0.3 is 0 Å². The molecule has 124 valence electrons. The Labute approximate surface area is 151 Å². The lowest BCUT2D eigenvalue weighted by molar-refractivity contribution is 0.475. The molecule has 0 aliphatic rings. The normalized spacial score (nSPS) is 11.2. The largest absolute Gasteiger partial charge is 0.508 e. The number of benzene rings is 4. The Hall–Kier alpha value is -3.52. The van der Waals surface area contributed by atoms with Crippen LogP contribution in [0.1, 0.15) is 0 Å². The predicted octanol–water partition coefficient (Wildman–Crippen LogP) is 6.36. The molecule has 0 atom stereocenters. The Kier molecular flexibility index (Phi) is 3.29. The average Bonchev–Trinajstić information content (AvgIpc) is 3.08. The van der Waals surface area contributed by atoms with Gasteiger partial charge < -0.3 is 10.1 Å². The van der Waals surface area contributed by atoms with E-state index in [1.165, 1.54) is 16.2 Å². The average molecular weight is 335 g/mol. The number of fused-ring (bicyclic) bond motifs is 2. The van der Waals surface area contributed by atoms with Crippen LogP contribution in [0, 0.1) is 0 Å². The van der Waals surface area contributed by atoms with E-state index in [2.05, 4.69) is 65.6 Å². The van der Waals surface area contributed by atoms with Crippen LogP contribution in [-0.4, -0.2) is 10.1 Å². The molecule has 0 saturated heterocycles. The molecule has 0 saturated carbocycles. The van der Waals surface area contributed by atoms with Crippen molar-refractivity contribution in [3.63, 3.8) is 0 Å². The molecule has 4 aromatic carbocycles. The number of nitrogens with one attached hydrogen (secondary N) is 1. The highest BCUT2D eigenvalue weighted by Gasteiger charge is 2.15. The van der Waals surface area contributed by atoms with E-state index in [1.807, 2.05) is 18.2 Å². The maximum absolute atomic E-state index is 9.66. The highest BCUT2D eigenvalue weighted by atomic mass is 16.3. The number of aromatic hydroxyl groups is 1. The Morgan fingerprint density at radius 2 is 1.31 bits per heavy atom. The van der Waals surface area contributed by atoms with Crippen molar-refractivity contribution in [2.75, 3.05) is 0 Å². The first-order valence-corrected chi connectivity index (χ1v) is 8.69. The monoisotopic (exact) mass is 335 g/mol. The van der Waals surface area contributed by atoms with E-state index in [-0.39, 0.29) is 5.75 Å². The number of hydrogen-bond acceptors (Lipinski definition) is 1. The van der Waals surface area contributed by atoms with Gasteiger partial charge in [0.25, 0.3) is 0 Å². The smallest absolute Gasteiger partial charge is 0.115 e. The van der Waals surface area contributed by atoms with E-state index in [4.69, 9.17) is 0 Å². The first-order valence-electron chi connectivity index (χ1n) is 8.69. The lowest BCUT2D eigenvalue weighted by Crippen LogP contribution is -1.84. The predicted molar refractivity (Wildman–Crippen MR) is 108 cm³/mol. The van der Waals surface area contributed by atoms with E-state index >= 15 is 0 Å². The zero-order chi connectivity index (χ0) is 17.5. The minimum absolute atomic E-state index is 0.279. The van der Waals surface area contributed by atoms with Gasteiger partial charge in [0.1, 0.15) is 5.75 Å².